The normalized spacial score (nSPS) is 10.9. The molecule has 19 heavy (non-hydrogen) atoms. The molecule has 6 heteroatoms. The molecule has 0 spiro atoms. The number of pyridine rings is 1. The molecule has 0 aliphatic carbocycles. The third-order valence-electron chi connectivity index (χ3n) is 2.57. The molecule has 2 rings (SSSR count). The summed E-state index contributed by atoms with van der Waals surface area (Å²) in [6.45, 7) is 1.13. The van der Waals surface area contributed by atoms with Crippen LogP contribution in [0.25, 0.3) is 0 Å². The molecule has 0 aliphatic heterocycles. The Bertz CT molecular complexity index is 571. The summed E-state index contributed by atoms with van der Waals surface area (Å²) < 4.78 is 1.83. The first kappa shape index (κ1) is 14.8. The summed E-state index contributed by atoms with van der Waals surface area (Å²) in [4.78, 5) is 18.2. The predicted octanol–water partition coefficient (Wildman–Crippen LogP) is 3.98. The van der Waals surface area contributed by atoms with Gasteiger partial charge in [-0.05, 0) is 62.7 Å². The van der Waals surface area contributed by atoms with Gasteiger partial charge in [0.15, 0.2) is 5.78 Å². The fourth-order valence-corrected chi connectivity index (χ4v) is 4.57. The van der Waals surface area contributed by atoms with Crippen molar-refractivity contribution in [1.29, 1.82) is 0 Å². The van der Waals surface area contributed by atoms with E-state index in [1.165, 1.54) is 11.3 Å². The highest BCUT2D eigenvalue weighted by molar-refractivity contribution is 9.12. The van der Waals surface area contributed by atoms with Crippen molar-refractivity contribution in [3.63, 3.8) is 0 Å². The summed E-state index contributed by atoms with van der Waals surface area (Å²) in [5.74, 6) is 0.116. The van der Waals surface area contributed by atoms with Gasteiger partial charge < -0.3 is 0 Å². The molecule has 100 valence electrons. The maximum atomic E-state index is 12.2. The molecule has 3 nitrogen and oxygen atoms in total. The Kier molecular flexibility index (Phi) is 5.27. The van der Waals surface area contributed by atoms with Crippen LogP contribution in [0.15, 0.2) is 38.2 Å². The van der Waals surface area contributed by atoms with Crippen LogP contribution >= 0.6 is 43.2 Å². The van der Waals surface area contributed by atoms with E-state index < -0.39 is 0 Å². The number of ketones is 1. The quantitative estimate of drug-likeness (QED) is 0.707. The van der Waals surface area contributed by atoms with Crippen molar-refractivity contribution in [2.45, 2.75) is 6.54 Å². The van der Waals surface area contributed by atoms with Gasteiger partial charge in [-0.25, -0.2) is 0 Å². The zero-order valence-electron chi connectivity index (χ0n) is 10.3. The number of Topliss-reactive ketones (excluding diaryl/α,β-unsaturated/α-hetero) is 1. The van der Waals surface area contributed by atoms with Gasteiger partial charge in [-0.15, -0.1) is 11.3 Å². The highest BCUT2D eigenvalue weighted by atomic mass is 79.9. The van der Waals surface area contributed by atoms with E-state index in [1.54, 1.807) is 12.4 Å². The first-order chi connectivity index (χ1) is 9.06. The van der Waals surface area contributed by atoms with E-state index in [-0.39, 0.29) is 5.78 Å². The van der Waals surface area contributed by atoms with E-state index in [1.807, 2.05) is 30.1 Å². The Morgan fingerprint density at radius 2 is 2.05 bits per heavy atom. The van der Waals surface area contributed by atoms with Gasteiger partial charge in [0.25, 0.3) is 0 Å². The maximum absolute atomic E-state index is 12.2. The van der Waals surface area contributed by atoms with Gasteiger partial charge in [0.2, 0.25) is 0 Å². The molecular formula is C13H12Br2N2OS. The van der Waals surface area contributed by atoms with Crippen molar-refractivity contribution in [2.75, 3.05) is 13.6 Å². The number of hydrogen-bond donors (Lipinski definition) is 0. The van der Waals surface area contributed by atoms with Gasteiger partial charge in [-0.3, -0.25) is 14.7 Å². The minimum atomic E-state index is 0.116. The molecule has 0 atom stereocenters. The van der Waals surface area contributed by atoms with Crippen molar-refractivity contribution < 1.29 is 4.79 Å². The Morgan fingerprint density at radius 1 is 1.37 bits per heavy atom. The SMILES string of the molecule is CN(CC(=O)c1cc(Br)sc1Br)Cc1ccncc1. The van der Waals surface area contributed by atoms with Crippen LogP contribution in [0.2, 0.25) is 0 Å². The summed E-state index contributed by atoms with van der Waals surface area (Å²) in [7, 11) is 1.94. The number of carbonyl (C=O) groups excluding carboxylic acids is 1. The van der Waals surface area contributed by atoms with Crippen LogP contribution in [-0.4, -0.2) is 29.3 Å². The summed E-state index contributed by atoms with van der Waals surface area (Å²) >= 11 is 8.32. The number of nitrogens with zero attached hydrogens (tertiary/aromatic N) is 2. The molecule has 0 fully saturated rings. The molecule has 0 aromatic carbocycles. The largest absolute Gasteiger partial charge is 0.295 e. The van der Waals surface area contributed by atoms with Crippen molar-refractivity contribution in [2.24, 2.45) is 0 Å². The van der Waals surface area contributed by atoms with Crippen molar-refractivity contribution in [1.82, 2.24) is 9.88 Å². The number of aromatic nitrogens is 1. The van der Waals surface area contributed by atoms with Crippen LogP contribution in [0, 0.1) is 0 Å². The second-order valence-electron chi connectivity index (χ2n) is 4.19. The molecule has 0 aliphatic rings. The van der Waals surface area contributed by atoms with Crippen molar-refractivity contribution >= 4 is 49.0 Å². The first-order valence-electron chi connectivity index (χ1n) is 5.61. The molecule has 0 saturated carbocycles. The Labute approximate surface area is 132 Å². The lowest BCUT2D eigenvalue weighted by Crippen LogP contribution is -2.25. The number of likely N-dealkylation sites (N-methyl/N-ethyl adjacent to an activating group) is 1. The van der Waals surface area contributed by atoms with Crippen molar-refractivity contribution in [3.8, 4) is 0 Å². The lowest BCUT2D eigenvalue weighted by Gasteiger charge is -2.15. The third kappa shape index (κ3) is 4.21. The van der Waals surface area contributed by atoms with E-state index in [4.69, 9.17) is 0 Å². The van der Waals surface area contributed by atoms with Gasteiger partial charge in [0.1, 0.15) is 0 Å². The van der Waals surface area contributed by atoms with Crippen LogP contribution < -0.4 is 0 Å². The highest BCUT2D eigenvalue weighted by Crippen LogP contribution is 2.32. The van der Waals surface area contributed by atoms with E-state index in [0.29, 0.717) is 6.54 Å². The van der Waals surface area contributed by atoms with E-state index in [9.17, 15) is 4.79 Å². The molecule has 2 aromatic heterocycles. The zero-order valence-corrected chi connectivity index (χ0v) is 14.3. The molecule has 0 radical (unpaired) electrons. The standard InChI is InChI=1S/C13H12Br2N2OS/c1-17(7-9-2-4-16-5-3-9)8-11(18)10-6-12(14)19-13(10)15/h2-6H,7-8H2,1H3. The predicted molar refractivity (Wildman–Crippen MR) is 84.6 cm³/mol. The maximum Gasteiger partial charge on any atom is 0.178 e. The number of halogens is 2. The summed E-state index contributed by atoms with van der Waals surface area (Å²) in [5, 5.41) is 0. The Morgan fingerprint density at radius 3 is 2.63 bits per heavy atom. The summed E-state index contributed by atoms with van der Waals surface area (Å²) in [6.07, 6.45) is 3.52. The van der Waals surface area contributed by atoms with Gasteiger partial charge in [0, 0.05) is 24.5 Å². The Balaban J connectivity index is 1.97. The lowest BCUT2D eigenvalue weighted by atomic mass is 10.2. The fourth-order valence-electron chi connectivity index (χ4n) is 1.72. The third-order valence-corrected chi connectivity index (χ3v) is 4.91. The zero-order chi connectivity index (χ0) is 13.8. The average Bonchev–Trinajstić information content (AvgIpc) is 2.69. The smallest absolute Gasteiger partial charge is 0.178 e. The molecule has 0 N–H and O–H groups in total. The molecule has 0 unspecified atom stereocenters. The van der Waals surface area contributed by atoms with E-state index >= 15 is 0 Å². The van der Waals surface area contributed by atoms with Gasteiger partial charge in [-0.1, -0.05) is 0 Å². The summed E-state index contributed by atoms with van der Waals surface area (Å²) in [6, 6.07) is 5.77. The second-order valence-corrected chi connectivity index (χ2v) is 7.94. The number of hydrogen-bond acceptors (Lipinski definition) is 4. The minimum Gasteiger partial charge on any atom is -0.295 e. The number of rotatable bonds is 5. The molecule has 2 aromatic rings. The highest BCUT2D eigenvalue weighted by Gasteiger charge is 2.15. The molecule has 0 amide bonds. The first-order valence-corrected chi connectivity index (χ1v) is 8.02. The second kappa shape index (κ2) is 6.74. The van der Waals surface area contributed by atoms with E-state index in [0.717, 1.165) is 25.2 Å². The van der Waals surface area contributed by atoms with Gasteiger partial charge in [-0.2, -0.15) is 0 Å². The van der Waals surface area contributed by atoms with Crippen LogP contribution in [0.5, 0.6) is 0 Å². The Hall–Kier alpha value is -0.560. The average molecular weight is 404 g/mol. The topological polar surface area (TPSA) is 33.2 Å². The van der Waals surface area contributed by atoms with Gasteiger partial charge in [0.05, 0.1) is 14.1 Å². The van der Waals surface area contributed by atoms with Crippen LogP contribution in [0.3, 0.4) is 0 Å². The lowest BCUT2D eigenvalue weighted by molar-refractivity contribution is 0.0943. The van der Waals surface area contributed by atoms with Crippen LogP contribution in [0.1, 0.15) is 15.9 Å². The minimum absolute atomic E-state index is 0.116. The monoisotopic (exact) mass is 402 g/mol. The van der Waals surface area contributed by atoms with Crippen molar-refractivity contribution in [3.05, 3.63) is 49.3 Å². The molecule has 0 bridgehead atoms. The molecule has 2 heterocycles. The fraction of sp³-hybridized carbons (Fsp3) is 0.231. The van der Waals surface area contributed by atoms with E-state index in [2.05, 4.69) is 36.8 Å². The summed E-state index contributed by atoms with van der Waals surface area (Å²) in [5.41, 5.74) is 1.88. The molecular weight excluding hydrogens is 392 g/mol. The number of carbonyl (C=O) groups is 1. The van der Waals surface area contributed by atoms with Gasteiger partial charge >= 0.3 is 0 Å². The van der Waals surface area contributed by atoms with Crippen LogP contribution in [0.4, 0.5) is 0 Å². The number of thiophene rings is 1. The van der Waals surface area contributed by atoms with Crippen LogP contribution in [-0.2, 0) is 6.54 Å². The molecule has 0 saturated heterocycles.